The first-order valence-corrected chi connectivity index (χ1v) is 2.83. The van der Waals surface area contributed by atoms with Crippen LogP contribution in [0.25, 0.3) is 6.15 Å². The van der Waals surface area contributed by atoms with Crippen LogP contribution in [0.1, 0.15) is 5.56 Å². The van der Waals surface area contributed by atoms with Gasteiger partial charge in [0.15, 0.2) is 0 Å². The first kappa shape index (κ1) is 18.5. The zero-order chi connectivity index (χ0) is 8.69. The Hall–Kier alpha value is -0.303. The van der Waals surface area contributed by atoms with E-state index >= 15 is 0 Å². The summed E-state index contributed by atoms with van der Waals surface area (Å²) in [6.45, 7) is 4.15. The van der Waals surface area contributed by atoms with Crippen LogP contribution in [0.4, 0.5) is 0 Å². The first-order valence-electron chi connectivity index (χ1n) is 2.83. The number of phenolic OH excluding ortho intramolecular Hbond substituents is 1. The standard InChI is InChI=1S/C7H7O.CHO2.Ce.H2N/c1-6-2-4-7(8)5-3-6;2-1-3;;/h2-5,8H,1H2;(H,2,3);;1H2/q2*-1;+3;-1. The zero-order valence-corrected chi connectivity index (χ0v) is 10.0. The van der Waals surface area contributed by atoms with E-state index in [-0.39, 0.29) is 53.6 Å². The van der Waals surface area contributed by atoms with Gasteiger partial charge in [-0.15, -0.1) is 0 Å². The van der Waals surface area contributed by atoms with Crippen LogP contribution in [0.15, 0.2) is 24.3 Å². The molecule has 0 bridgehead atoms. The number of hydrogen-bond acceptors (Lipinski definition) is 2. The Balaban J connectivity index is -0.000000180. The molecule has 69 valence electrons. The van der Waals surface area contributed by atoms with Crippen molar-refractivity contribution >= 4 is 6.47 Å². The van der Waals surface area contributed by atoms with Crippen molar-refractivity contribution in [2.75, 3.05) is 0 Å². The molecular formula is C8H10CeNO3. The predicted molar refractivity (Wildman–Crippen MR) is 46.2 cm³/mol. The van der Waals surface area contributed by atoms with Gasteiger partial charge in [0, 0.05) is 0 Å². The van der Waals surface area contributed by atoms with Gasteiger partial charge in [0.25, 0.3) is 0 Å². The van der Waals surface area contributed by atoms with E-state index in [4.69, 9.17) is 15.0 Å². The molecule has 0 aliphatic rings. The molecule has 0 heterocycles. The quantitative estimate of drug-likeness (QED) is 0.717. The molecule has 5 heteroatoms. The monoisotopic (exact) mass is 308 g/mol. The molecule has 1 radical (unpaired) electrons. The number of nitrogens with two attached hydrogens (primary N) is 1. The summed E-state index contributed by atoms with van der Waals surface area (Å²) in [6.07, 6.45) is 0. The SMILES string of the molecule is O=[C-]O.[CH2-]c1ccc(O)cc1.[Ce+3].[NH2-]. The minimum Gasteiger partial charge on any atom is -0.693 e. The second-order valence-electron chi connectivity index (χ2n) is 1.76. The van der Waals surface area contributed by atoms with Crippen molar-refractivity contribution in [1.29, 1.82) is 0 Å². The fourth-order valence-electron chi connectivity index (χ4n) is 0.496. The summed E-state index contributed by atoms with van der Waals surface area (Å²) in [5.74, 6) is 0.289. The van der Waals surface area contributed by atoms with Crippen molar-refractivity contribution in [2.24, 2.45) is 0 Å². The van der Waals surface area contributed by atoms with Crippen molar-refractivity contribution in [3.05, 3.63) is 42.9 Å². The van der Waals surface area contributed by atoms with Crippen LogP contribution in [-0.4, -0.2) is 16.7 Å². The summed E-state index contributed by atoms with van der Waals surface area (Å²) in [5, 5.41) is 15.5. The van der Waals surface area contributed by atoms with Gasteiger partial charge in [0.2, 0.25) is 0 Å². The molecule has 0 aliphatic carbocycles. The maximum absolute atomic E-state index is 8.73. The van der Waals surface area contributed by atoms with E-state index in [1.54, 1.807) is 24.3 Å². The van der Waals surface area contributed by atoms with Crippen molar-refractivity contribution in [3.63, 3.8) is 0 Å². The van der Waals surface area contributed by atoms with E-state index < -0.39 is 0 Å². The molecule has 1 aromatic carbocycles. The largest absolute Gasteiger partial charge is 3.00 e. The average molecular weight is 308 g/mol. The van der Waals surface area contributed by atoms with Gasteiger partial charge < -0.3 is 21.2 Å². The number of rotatable bonds is 0. The van der Waals surface area contributed by atoms with E-state index in [2.05, 4.69) is 6.92 Å². The summed E-state index contributed by atoms with van der Waals surface area (Å²) in [5.41, 5.74) is 0.919. The Morgan fingerprint density at radius 2 is 1.54 bits per heavy atom. The number of benzene rings is 1. The van der Waals surface area contributed by atoms with E-state index in [1.165, 1.54) is 0 Å². The van der Waals surface area contributed by atoms with E-state index in [0.29, 0.717) is 6.47 Å². The fourth-order valence-corrected chi connectivity index (χ4v) is 0.496. The van der Waals surface area contributed by atoms with Gasteiger partial charge in [0.05, 0.1) is 5.75 Å². The van der Waals surface area contributed by atoms with Gasteiger partial charge in [0.1, 0.15) is 0 Å². The Bertz CT molecular complexity index is 192. The van der Waals surface area contributed by atoms with E-state index in [1.807, 2.05) is 0 Å². The zero-order valence-electron chi connectivity index (χ0n) is 6.90. The number of hydrogen-bond donors (Lipinski definition) is 2. The molecule has 0 fully saturated rings. The smallest absolute Gasteiger partial charge is 0.693 e. The van der Waals surface area contributed by atoms with E-state index in [0.717, 1.165) is 5.56 Å². The molecule has 4 N–H and O–H groups in total. The molecule has 0 aliphatic heterocycles. The molecule has 0 unspecified atom stereocenters. The third kappa shape index (κ3) is 11.7. The first-order chi connectivity index (χ1) is 5.20. The van der Waals surface area contributed by atoms with Crippen LogP contribution < -0.4 is 0 Å². The van der Waals surface area contributed by atoms with Crippen molar-refractivity contribution in [3.8, 4) is 5.75 Å². The summed E-state index contributed by atoms with van der Waals surface area (Å²) in [6, 6.07) is 6.75. The molecule has 0 saturated carbocycles. The van der Waals surface area contributed by atoms with Gasteiger partial charge in [-0.3, -0.25) is 0 Å². The van der Waals surface area contributed by atoms with Crippen LogP contribution >= 0.6 is 0 Å². The number of aromatic hydroxyl groups is 1. The second kappa shape index (κ2) is 11.7. The van der Waals surface area contributed by atoms with Crippen LogP contribution in [0, 0.1) is 48.7 Å². The number of phenols is 1. The van der Waals surface area contributed by atoms with Crippen molar-refractivity contribution in [2.45, 2.75) is 0 Å². The summed E-state index contributed by atoms with van der Waals surface area (Å²) >= 11 is 0. The molecule has 0 spiro atoms. The minimum atomic E-state index is 0. The van der Waals surface area contributed by atoms with E-state index in [9.17, 15) is 0 Å². The van der Waals surface area contributed by atoms with Crippen LogP contribution in [0.3, 0.4) is 0 Å². The van der Waals surface area contributed by atoms with Gasteiger partial charge in [-0.1, -0.05) is 18.6 Å². The Morgan fingerprint density at radius 1 is 1.23 bits per heavy atom. The third-order valence-electron chi connectivity index (χ3n) is 0.936. The number of aliphatic hydroxyl groups excluding tert-OH is 1. The van der Waals surface area contributed by atoms with Gasteiger partial charge in [-0.25, -0.2) is 0 Å². The summed E-state index contributed by atoms with van der Waals surface area (Å²) in [7, 11) is 0. The Kier molecular flexibility index (Phi) is 16.6. The Labute approximate surface area is 111 Å². The van der Waals surface area contributed by atoms with Crippen LogP contribution in [-0.2, 0) is 4.79 Å². The maximum atomic E-state index is 8.73. The summed E-state index contributed by atoms with van der Waals surface area (Å²) < 4.78 is 0. The maximum Gasteiger partial charge on any atom is 3.00 e. The Morgan fingerprint density at radius 3 is 1.77 bits per heavy atom. The fraction of sp³-hybridized carbons (Fsp3) is 0. The van der Waals surface area contributed by atoms with Crippen LogP contribution in [0.2, 0.25) is 0 Å². The molecule has 0 amide bonds. The third-order valence-corrected chi connectivity index (χ3v) is 0.936. The molecule has 0 atom stereocenters. The molecule has 1 rings (SSSR count). The molecule has 0 aromatic heterocycles. The second-order valence-corrected chi connectivity index (χ2v) is 1.76. The minimum absolute atomic E-state index is 0. The normalized spacial score (nSPS) is 6.46. The van der Waals surface area contributed by atoms with Crippen molar-refractivity contribution in [1.82, 2.24) is 0 Å². The average Bonchev–Trinajstić information content (AvgIpc) is 1.97. The van der Waals surface area contributed by atoms with Gasteiger partial charge >= 0.3 is 41.7 Å². The molecule has 13 heavy (non-hydrogen) atoms. The van der Waals surface area contributed by atoms with Gasteiger partial charge in [-0.05, 0) is 0 Å². The van der Waals surface area contributed by atoms with Crippen molar-refractivity contribution < 1.29 is 56.8 Å². The predicted octanol–water partition coefficient (Wildman–Crippen LogP) is 1.90. The topological polar surface area (TPSA) is 91.0 Å². The van der Waals surface area contributed by atoms with Gasteiger partial charge in [-0.2, -0.15) is 24.6 Å². The molecule has 0 saturated heterocycles. The summed E-state index contributed by atoms with van der Waals surface area (Å²) in [4.78, 5) is 8.24. The van der Waals surface area contributed by atoms with Crippen LogP contribution in [0.5, 0.6) is 5.75 Å². The molecule has 4 nitrogen and oxygen atoms in total. The molecular weight excluding hydrogens is 298 g/mol. The molecule has 1 aromatic rings.